The lowest BCUT2D eigenvalue weighted by Gasteiger charge is -1.96. The molecule has 104 valence electrons. The number of nitrogens with one attached hydrogen (secondary N) is 2. The van der Waals surface area contributed by atoms with Crippen LogP contribution in [0.4, 0.5) is 0 Å². The average molecular weight is 275 g/mol. The number of hydrogen-bond donors (Lipinski definition) is 2. The fourth-order valence-electron chi connectivity index (χ4n) is 2.84. The van der Waals surface area contributed by atoms with Crippen molar-refractivity contribution in [3.05, 3.63) is 66.1 Å². The van der Waals surface area contributed by atoms with E-state index in [1.807, 2.05) is 18.2 Å². The molecule has 4 rings (SSSR count). The second kappa shape index (κ2) is 5.09. The van der Waals surface area contributed by atoms with Crippen LogP contribution in [0.1, 0.15) is 17.9 Å². The first-order chi connectivity index (χ1) is 10.4. The molecule has 4 aromatic rings. The maximum atomic E-state index is 4.62. The van der Waals surface area contributed by atoms with Gasteiger partial charge in [0.2, 0.25) is 0 Å². The number of imidazole rings is 1. The van der Waals surface area contributed by atoms with Gasteiger partial charge in [-0.15, -0.1) is 0 Å². The van der Waals surface area contributed by atoms with Crippen LogP contribution in [-0.4, -0.2) is 15.0 Å². The highest BCUT2D eigenvalue weighted by molar-refractivity contribution is 5.80. The van der Waals surface area contributed by atoms with Crippen molar-refractivity contribution in [2.45, 2.75) is 19.3 Å². The highest BCUT2D eigenvalue weighted by atomic mass is 14.9. The van der Waals surface area contributed by atoms with Gasteiger partial charge in [-0.1, -0.05) is 30.3 Å². The Kier molecular flexibility index (Phi) is 2.96. The topological polar surface area (TPSA) is 44.5 Å². The van der Waals surface area contributed by atoms with Crippen molar-refractivity contribution < 1.29 is 0 Å². The van der Waals surface area contributed by atoms with Gasteiger partial charge in [0.1, 0.15) is 5.82 Å². The van der Waals surface area contributed by atoms with E-state index in [0.717, 1.165) is 36.1 Å². The maximum Gasteiger partial charge on any atom is 0.107 e. The summed E-state index contributed by atoms with van der Waals surface area (Å²) < 4.78 is 0. The van der Waals surface area contributed by atoms with Crippen LogP contribution in [0.5, 0.6) is 0 Å². The summed E-state index contributed by atoms with van der Waals surface area (Å²) in [4.78, 5) is 11.5. The fourth-order valence-corrected chi connectivity index (χ4v) is 2.84. The number of rotatable bonds is 4. The van der Waals surface area contributed by atoms with Crippen molar-refractivity contribution in [3.8, 4) is 0 Å². The van der Waals surface area contributed by atoms with E-state index in [0.29, 0.717) is 0 Å². The molecule has 0 saturated heterocycles. The molecule has 0 saturated carbocycles. The predicted octanol–water partition coefficient (Wildman–Crippen LogP) is 4.22. The molecule has 3 heteroatoms. The first-order valence-electron chi connectivity index (χ1n) is 7.39. The lowest BCUT2D eigenvalue weighted by Crippen LogP contribution is -1.92. The molecule has 0 amide bonds. The third-order valence-corrected chi connectivity index (χ3v) is 3.88. The minimum absolute atomic E-state index is 0.976. The minimum Gasteiger partial charge on any atom is -0.358 e. The third-order valence-electron chi connectivity index (χ3n) is 3.88. The van der Waals surface area contributed by atoms with Crippen molar-refractivity contribution in [1.82, 2.24) is 15.0 Å². The molecule has 0 bridgehead atoms. The fraction of sp³-hybridized carbons (Fsp3) is 0.167. The zero-order valence-electron chi connectivity index (χ0n) is 11.8. The van der Waals surface area contributed by atoms with E-state index >= 15 is 0 Å². The summed E-state index contributed by atoms with van der Waals surface area (Å²) >= 11 is 0. The molecule has 0 aliphatic rings. The van der Waals surface area contributed by atoms with Crippen LogP contribution >= 0.6 is 0 Å². The second-order valence-corrected chi connectivity index (χ2v) is 5.44. The van der Waals surface area contributed by atoms with Gasteiger partial charge < -0.3 is 9.97 Å². The van der Waals surface area contributed by atoms with Gasteiger partial charge in [-0.3, -0.25) is 0 Å². The van der Waals surface area contributed by atoms with Gasteiger partial charge in [-0.2, -0.15) is 0 Å². The molecule has 0 atom stereocenters. The molecule has 2 aromatic heterocycles. The summed E-state index contributed by atoms with van der Waals surface area (Å²) in [5.41, 5.74) is 4.69. The first kappa shape index (κ1) is 12.2. The Balaban J connectivity index is 1.44. The van der Waals surface area contributed by atoms with E-state index in [1.54, 1.807) is 0 Å². The summed E-state index contributed by atoms with van der Waals surface area (Å²) in [6.45, 7) is 0. The van der Waals surface area contributed by atoms with Crippen LogP contribution in [0.3, 0.4) is 0 Å². The lowest BCUT2D eigenvalue weighted by atomic mass is 10.2. The van der Waals surface area contributed by atoms with E-state index in [-0.39, 0.29) is 0 Å². The second-order valence-electron chi connectivity index (χ2n) is 5.44. The van der Waals surface area contributed by atoms with Gasteiger partial charge in [0, 0.05) is 17.6 Å². The lowest BCUT2D eigenvalue weighted by molar-refractivity contribution is 0.775. The first-order valence-corrected chi connectivity index (χ1v) is 7.39. The van der Waals surface area contributed by atoms with E-state index in [2.05, 4.69) is 51.4 Å². The summed E-state index contributed by atoms with van der Waals surface area (Å²) in [5.74, 6) is 1.08. The van der Waals surface area contributed by atoms with E-state index < -0.39 is 0 Å². The number of para-hydroxylation sites is 3. The Morgan fingerprint density at radius 3 is 2.48 bits per heavy atom. The number of fused-ring (bicyclic) bond motifs is 2. The monoisotopic (exact) mass is 275 g/mol. The smallest absolute Gasteiger partial charge is 0.107 e. The highest BCUT2D eigenvalue weighted by Gasteiger charge is 2.03. The molecule has 0 spiro atoms. The largest absolute Gasteiger partial charge is 0.358 e. The number of aromatic amines is 2. The van der Waals surface area contributed by atoms with Crippen LogP contribution in [0.15, 0.2) is 54.6 Å². The molecule has 0 aliphatic carbocycles. The number of H-pyrrole nitrogens is 2. The molecular formula is C18H17N3. The number of aryl methyl sites for hydroxylation is 2. The maximum absolute atomic E-state index is 4.62. The Labute approximate surface area is 123 Å². The normalized spacial score (nSPS) is 11.4. The van der Waals surface area contributed by atoms with Crippen LogP contribution in [0.2, 0.25) is 0 Å². The molecular weight excluding hydrogens is 258 g/mol. The summed E-state index contributed by atoms with van der Waals surface area (Å²) in [7, 11) is 0. The van der Waals surface area contributed by atoms with Gasteiger partial charge in [0.05, 0.1) is 11.0 Å². The van der Waals surface area contributed by atoms with Gasteiger partial charge in [0.15, 0.2) is 0 Å². The number of aromatic nitrogens is 3. The number of hydrogen-bond acceptors (Lipinski definition) is 1. The van der Waals surface area contributed by atoms with Crippen molar-refractivity contribution in [2.24, 2.45) is 0 Å². The van der Waals surface area contributed by atoms with Crippen LogP contribution in [-0.2, 0) is 12.8 Å². The molecule has 2 heterocycles. The van der Waals surface area contributed by atoms with Gasteiger partial charge in [-0.05, 0) is 42.5 Å². The van der Waals surface area contributed by atoms with Crippen LogP contribution in [0, 0.1) is 0 Å². The van der Waals surface area contributed by atoms with Crippen LogP contribution in [0.25, 0.3) is 21.9 Å². The van der Waals surface area contributed by atoms with Crippen molar-refractivity contribution in [1.29, 1.82) is 0 Å². The Morgan fingerprint density at radius 1 is 0.810 bits per heavy atom. The van der Waals surface area contributed by atoms with Crippen LogP contribution < -0.4 is 0 Å². The van der Waals surface area contributed by atoms with Crippen molar-refractivity contribution in [2.75, 3.05) is 0 Å². The standard InChI is InChI=1S/C18H17N3/c1-2-8-15-13(6-1)12-14(19-15)7-5-11-18-20-16-9-3-4-10-17(16)21-18/h1-4,6,8-10,12,19H,5,7,11H2,(H,20,21). The zero-order chi connectivity index (χ0) is 14.1. The van der Waals surface area contributed by atoms with Gasteiger partial charge in [0.25, 0.3) is 0 Å². The van der Waals surface area contributed by atoms with E-state index in [9.17, 15) is 0 Å². The molecule has 2 aromatic carbocycles. The number of nitrogens with zero attached hydrogens (tertiary/aromatic N) is 1. The average Bonchev–Trinajstić information content (AvgIpc) is 3.09. The van der Waals surface area contributed by atoms with Gasteiger partial charge >= 0.3 is 0 Å². The molecule has 0 unspecified atom stereocenters. The van der Waals surface area contributed by atoms with E-state index in [4.69, 9.17) is 0 Å². The summed E-state index contributed by atoms with van der Waals surface area (Å²) in [6, 6.07) is 18.8. The molecule has 0 fully saturated rings. The summed E-state index contributed by atoms with van der Waals surface area (Å²) in [6.07, 6.45) is 3.11. The SMILES string of the molecule is c1ccc2[nH]c(CCCc3nc4ccccc4[nH]3)cc2c1. The van der Waals surface area contributed by atoms with Gasteiger partial charge in [-0.25, -0.2) is 4.98 Å². The summed E-state index contributed by atoms with van der Waals surface area (Å²) in [5, 5.41) is 1.29. The molecule has 0 radical (unpaired) electrons. The Hall–Kier alpha value is -2.55. The predicted molar refractivity (Wildman–Crippen MR) is 86.4 cm³/mol. The van der Waals surface area contributed by atoms with E-state index in [1.165, 1.54) is 16.6 Å². The number of benzene rings is 2. The molecule has 2 N–H and O–H groups in total. The van der Waals surface area contributed by atoms with Crippen molar-refractivity contribution >= 4 is 21.9 Å². The Bertz CT molecular complexity index is 745. The minimum atomic E-state index is 0.976. The third kappa shape index (κ3) is 2.42. The quantitative estimate of drug-likeness (QED) is 0.575. The van der Waals surface area contributed by atoms with Crippen molar-refractivity contribution in [3.63, 3.8) is 0 Å². The zero-order valence-corrected chi connectivity index (χ0v) is 11.8. The molecule has 0 aliphatic heterocycles. The molecule has 21 heavy (non-hydrogen) atoms. The Morgan fingerprint density at radius 2 is 1.62 bits per heavy atom. The highest BCUT2D eigenvalue weighted by Crippen LogP contribution is 2.17. The molecule has 3 nitrogen and oxygen atoms in total.